The molecule has 0 unspecified atom stereocenters. The van der Waals surface area contributed by atoms with Crippen molar-refractivity contribution in [2.75, 3.05) is 5.75 Å². The molecule has 1 nitrogen and oxygen atoms in total. The lowest BCUT2D eigenvalue weighted by Gasteiger charge is -2.17. The van der Waals surface area contributed by atoms with Crippen LogP contribution in [-0.4, -0.2) is 5.75 Å². The molecule has 0 fully saturated rings. The van der Waals surface area contributed by atoms with Gasteiger partial charge >= 0.3 is 0 Å². The molecule has 84 valence electrons. The third-order valence-corrected chi connectivity index (χ3v) is 3.25. The van der Waals surface area contributed by atoms with E-state index in [1.54, 1.807) is 0 Å². The van der Waals surface area contributed by atoms with E-state index in [4.69, 9.17) is 5.73 Å². The molecular weight excluding hydrogens is 202 g/mol. The lowest BCUT2D eigenvalue weighted by Crippen LogP contribution is -2.05. The first-order valence-electron chi connectivity index (χ1n) is 5.43. The minimum Gasteiger partial charge on any atom is -0.326 e. The summed E-state index contributed by atoms with van der Waals surface area (Å²) in [6.07, 6.45) is 1.24. The summed E-state index contributed by atoms with van der Waals surface area (Å²) in [5.74, 6) is 1.18. The molecule has 0 aliphatic carbocycles. The number of hydrogen-bond acceptors (Lipinski definition) is 2. The first kappa shape index (κ1) is 12.6. The second kappa shape index (κ2) is 5.57. The van der Waals surface area contributed by atoms with Crippen molar-refractivity contribution in [3.8, 4) is 0 Å². The number of rotatable bonds is 4. The van der Waals surface area contributed by atoms with Crippen molar-refractivity contribution in [2.24, 2.45) is 11.1 Å². The highest BCUT2D eigenvalue weighted by Gasteiger charge is 2.09. The predicted octanol–water partition coefficient (Wildman–Crippen LogP) is 3.67. The zero-order valence-electron chi connectivity index (χ0n) is 9.92. The Bertz CT molecular complexity index is 302. The number of benzene rings is 1. The molecule has 2 heteroatoms. The second-order valence-corrected chi connectivity index (χ2v) is 6.18. The summed E-state index contributed by atoms with van der Waals surface area (Å²) >= 11 is 1.92. The molecule has 15 heavy (non-hydrogen) atoms. The summed E-state index contributed by atoms with van der Waals surface area (Å²) in [5.41, 5.74) is 7.25. The van der Waals surface area contributed by atoms with Crippen molar-refractivity contribution in [1.82, 2.24) is 0 Å². The number of hydrogen-bond donors (Lipinski definition) is 1. The van der Waals surface area contributed by atoms with E-state index in [2.05, 4.69) is 45.0 Å². The van der Waals surface area contributed by atoms with Gasteiger partial charge in [-0.05, 0) is 35.3 Å². The Morgan fingerprint density at radius 1 is 1.27 bits per heavy atom. The van der Waals surface area contributed by atoms with Gasteiger partial charge in [0.1, 0.15) is 0 Å². The molecule has 0 aliphatic rings. The molecule has 1 aromatic carbocycles. The smallest absolute Gasteiger partial charge is 0.0178 e. The molecule has 0 radical (unpaired) electrons. The fourth-order valence-corrected chi connectivity index (χ4v) is 2.60. The first-order chi connectivity index (χ1) is 7.01. The van der Waals surface area contributed by atoms with Crippen LogP contribution in [0.5, 0.6) is 0 Å². The van der Waals surface area contributed by atoms with Gasteiger partial charge in [-0.1, -0.05) is 32.9 Å². The quantitative estimate of drug-likeness (QED) is 0.788. The van der Waals surface area contributed by atoms with E-state index in [9.17, 15) is 0 Å². The summed E-state index contributed by atoms with van der Waals surface area (Å²) < 4.78 is 0. The molecule has 0 bridgehead atoms. The largest absolute Gasteiger partial charge is 0.326 e. The van der Waals surface area contributed by atoms with E-state index in [1.165, 1.54) is 22.6 Å². The lowest BCUT2D eigenvalue weighted by atomic mass is 9.94. The average Bonchev–Trinajstić information content (AvgIpc) is 2.16. The van der Waals surface area contributed by atoms with Gasteiger partial charge in [-0.2, -0.15) is 0 Å². The highest BCUT2D eigenvalue weighted by Crippen LogP contribution is 2.26. The normalized spacial score (nSPS) is 11.7. The molecule has 0 aliphatic heterocycles. The van der Waals surface area contributed by atoms with Crippen LogP contribution < -0.4 is 5.73 Å². The van der Waals surface area contributed by atoms with E-state index >= 15 is 0 Å². The van der Waals surface area contributed by atoms with E-state index in [0.29, 0.717) is 12.0 Å². The fraction of sp³-hybridized carbons (Fsp3) is 0.538. The average molecular weight is 223 g/mol. The molecular formula is C13H21NS. The van der Waals surface area contributed by atoms with Crippen LogP contribution in [0.2, 0.25) is 0 Å². The van der Waals surface area contributed by atoms with Crippen LogP contribution in [0.1, 0.15) is 32.8 Å². The van der Waals surface area contributed by atoms with Gasteiger partial charge in [0.2, 0.25) is 0 Å². The third-order valence-electron chi connectivity index (χ3n) is 2.25. The SMILES string of the molecule is CC(C)(C)CCSc1cccc(CN)c1. The summed E-state index contributed by atoms with van der Waals surface area (Å²) in [6.45, 7) is 7.48. The van der Waals surface area contributed by atoms with Gasteiger partial charge in [-0.25, -0.2) is 0 Å². The topological polar surface area (TPSA) is 26.0 Å². The second-order valence-electron chi connectivity index (χ2n) is 5.01. The summed E-state index contributed by atoms with van der Waals surface area (Å²) in [4.78, 5) is 1.34. The maximum Gasteiger partial charge on any atom is 0.0178 e. The van der Waals surface area contributed by atoms with Crippen LogP contribution in [0, 0.1) is 5.41 Å². The maximum atomic E-state index is 5.61. The van der Waals surface area contributed by atoms with Crippen molar-refractivity contribution in [1.29, 1.82) is 0 Å². The summed E-state index contributed by atoms with van der Waals surface area (Å²) in [6, 6.07) is 8.51. The Morgan fingerprint density at radius 3 is 2.60 bits per heavy atom. The van der Waals surface area contributed by atoms with Crippen molar-refractivity contribution < 1.29 is 0 Å². The third kappa shape index (κ3) is 5.24. The molecule has 0 saturated heterocycles. The van der Waals surface area contributed by atoms with Gasteiger partial charge in [0.05, 0.1) is 0 Å². The van der Waals surface area contributed by atoms with Gasteiger partial charge in [0.25, 0.3) is 0 Å². The molecule has 0 spiro atoms. The molecule has 0 heterocycles. The van der Waals surface area contributed by atoms with Gasteiger partial charge < -0.3 is 5.73 Å². The first-order valence-corrected chi connectivity index (χ1v) is 6.42. The Kier molecular flexibility index (Phi) is 4.68. The highest BCUT2D eigenvalue weighted by molar-refractivity contribution is 7.99. The number of nitrogens with two attached hydrogens (primary N) is 1. The Balaban J connectivity index is 2.44. The van der Waals surface area contributed by atoms with E-state index in [0.717, 1.165) is 0 Å². The van der Waals surface area contributed by atoms with Crippen molar-refractivity contribution in [3.05, 3.63) is 29.8 Å². The van der Waals surface area contributed by atoms with Crippen molar-refractivity contribution >= 4 is 11.8 Å². The molecule has 0 amide bonds. The van der Waals surface area contributed by atoms with E-state index in [-0.39, 0.29) is 0 Å². The minimum absolute atomic E-state index is 0.429. The maximum absolute atomic E-state index is 5.61. The molecule has 0 saturated carbocycles. The van der Waals surface area contributed by atoms with E-state index in [1.807, 2.05) is 11.8 Å². The summed E-state index contributed by atoms with van der Waals surface area (Å²) in [7, 11) is 0. The lowest BCUT2D eigenvalue weighted by molar-refractivity contribution is 0.401. The fourth-order valence-electron chi connectivity index (χ4n) is 1.24. The number of thioether (sulfide) groups is 1. The minimum atomic E-state index is 0.429. The Hall–Kier alpha value is -0.470. The van der Waals surface area contributed by atoms with Crippen LogP contribution in [-0.2, 0) is 6.54 Å². The molecule has 0 atom stereocenters. The molecule has 2 N–H and O–H groups in total. The van der Waals surface area contributed by atoms with Crippen molar-refractivity contribution in [3.63, 3.8) is 0 Å². The van der Waals surface area contributed by atoms with Crippen LogP contribution in [0.3, 0.4) is 0 Å². The van der Waals surface area contributed by atoms with E-state index < -0.39 is 0 Å². The molecule has 1 rings (SSSR count). The standard InChI is InChI=1S/C13H21NS/c1-13(2,3)7-8-15-12-6-4-5-11(9-12)10-14/h4-6,9H,7-8,10,14H2,1-3H3. The summed E-state index contributed by atoms with van der Waals surface area (Å²) in [5, 5.41) is 0. The Morgan fingerprint density at radius 2 is 2.00 bits per heavy atom. The zero-order valence-corrected chi connectivity index (χ0v) is 10.7. The monoisotopic (exact) mass is 223 g/mol. The zero-order chi connectivity index (χ0) is 11.3. The van der Waals surface area contributed by atoms with Gasteiger partial charge in [-0.15, -0.1) is 11.8 Å². The molecule has 1 aromatic rings. The molecule has 0 aromatic heterocycles. The van der Waals surface area contributed by atoms with Crippen LogP contribution in [0.4, 0.5) is 0 Å². The van der Waals surface area contributed by atoms with Crippen LogP contribution >= 0.6 is 11.8 Å². The van der Waals surface area contributed by atoms with Crippen molar-refractivity contribution in [2.45, 2.75) is 38.6 Å². The van der Waals surface area contributed by atoms with Gasteiger partial charge in [0.15, 0.2) is 0 Å². The van der Waals surface area contributed by atoms with Gasteiger partial charge in [-0.3, -0.25) is 0 Å². The Labute approximate surface area is 97.4 Å². The van der Waals surface area contributed by atoms with Crippen LogP contribution in [0.25, 0.3) is 0 Å². The predicted molar refractivity (Wildman–Crippen MR) is 69.1 cm³/mol. The van der Waals surface area contributed by atoms with Crippen LogP contribution in [0.15, 0.2) is 29.2 Å². The van der Waals surface area contributed by atoms with Gasteiger partial charge in [0, 0.05) is 11.4 Å². The highest BCUT2D eigenvalue weighted by atomic mass is 32.2.